The van der Waals surface area contributed by atoms with Crippen molar-refractivity contribution < 1.29 is 9.53 Å². The zero-order chi connectivity index (χ0) is 19.2. The van der Waals surface area contributed by atoms with E-state index in [0.717, 1.165) is 41.0 Å². The lowest BCUT2D eigenvalue weighted by Gasteiger charge is -2.11. The molecule has 1 aliphatic carbocycles. The van der Waals surface area contributed by atoms with Gasteiger partial charge in [-0.2, -0.15) is 0 Å². The quantitative estimate of drug-likeness (QED) is 0.561. The third kappa shape index (κ3) is 4.84. The number of carbonyl (C=O) groups excluding carboxylic acids is 1. The van der Waals surface area contributed by atoms with Crippen molar-refractivity contribution in [3.8, 4) is 0 Å². The summed E-state index contributed by atoms with van der Waals surface area (Å²) in [7, 11) is 0. The monoisotopic (exact) mass is 376 g/mol. The Morgan fingerprint density at radius 1 is 1.00 bits per heavy atom. The first-order valence-corrected chi connectivity index (χ1v) is 9.68. The lowest BCUT2D eigenvalue weighted by molar-refractivity contribution is -0.126. The summed E-state index contributed by atoms with van der Waals surface area (Å²) in [4.78, 5) is 21.3. The second kappa shape index (κ2) is 8.80. The summed E-state index contributed by atoms with van der Waals surface area (Å²) in [5.74, 6) is 2.12. The Balaban J connectivity index is 1.24. The van der Waals surface area contributed by atoms with Gasteiger partial charge in [-0.25, -0.2) is 9.97 Å². The summed E-state index contributed by atoms with van der Waals surface area (Å²) < 4.78 is 5.45. The molecule has 1 amide bonds. The molecule has 1 aliphatic rings. The molecule has 3 aromatic rings. The van der Waals surface area contributed by atoms with E-state index in [4.69, 9.17) is 9.72 Å². The normalized spacial score (nSPS) is 13.4. The highest BCUT2D eigenvalue weighted by Gasteiger charge is 2.27. The summed E-state index contributed by atoms with van der Waals surface area (Å²) in [5.41, 5.74) is 2.01. The van der Waals surface area contributed by atoms with E-state index in [1.54, 1.807) is 0 Å². The van der Waals surface area contributed by atoms with Crippen molar-refractivity contribution in [1.29, 1.82) is 0 Å². The molecule has 0 unspecified atom stereocenters. The van der Waals surface area contributed by atoms with Crippen LogP contribution in [0.15, 0.2) is 54.6 Å². The van der Waals surface area contributed by atoms with Gasteiger partial charge in [-0.15, -0.1) is 0 Å². The number of rotatable bonds is 9. The standard InChI is InChI=1S/C22H24N4O2/c27-20(15-28-14-16-6-2-1-3-7-16)23-12-13-24-22-18-8-4-5-9-19(18)25-21(26-22)17-10-11-17/h1-9,17H,10-15H2,(H,23,27)(H,24,25,26). The minimum Gasteiger partial charge on any atom is -0.368 e. The summed E-state index contributed by atoms with van der Waals surface area (Å²) in [5, 5.41) is 7.21. The van der Waals surface area contributed by atoms with Crippen LogP contribution in [0.25, 0.3) is 10.9 Å². The van der Waals surface area contributed by atoms with Gasteiger partial charge in [-0.1, -0.05) is 42.5 Å². The van der Waals surface area contributed by atoms with Gasteiger partial charge in [0.1, 0.15) is 18.2 Å². The molecule has 144 valence electrons. The number of amides is 1. The lowest BCUT2D eigenvalue weighted by atomic mass is 10.2. The Kier molecular flexibility index (Phi) is 5.77. The Bertz CT molecular complexity index is 942. The highest BCUT2D eigenvalue weighted by atomic mass is 16.5. The van der Waals surface area contributed by atoms with Gasteiger partial charge in [0.2, 0.25) is 5.91 Å². The SMILES string of the molecule is O=C(COCc1ccccc1)NCCNc1nc(C2CC2)nc2ccccc12. The zero-order valence-electron chi connectivity index (χ0n) is 15.7. The van der Waals surface area contributed by atoms with E-state index in [2.05, 4.69) is 15.6 Å². The second-order valence-corrected chi connectivity index (χ2v) is 6.98. The summed E-state index contributed by atoms with van der Waals surface area (Å²) in [6, 6.07) is 17.8. The number of hydrogen-bond acceptors (Lipinski definition) is 5. The zero-order valence-corrected chi connectivity index (χ0v) is 15.7. The minimum atomic E-state index is -0.121. The van der Waals surface area contributed by atoms with Crippen LogP contribution in [0.2, 0.25) is 0 Å². The molecular weight excluding hydrogens is 352 g/mol. The number of nitrogens with zero attached hydrogens (tertiary/aromatic N) is 2. The number of fused-ring (bicyclic) bond motifs is 1. The Hall–Kier alpha value is -2.99. The fraction of sp³-hybridized carbons (Fsp3) is 0.318. The van der Waals surface area contributed by atoms with Gasteiger partial charge in [-0.05, 0) is 30.5 Å². The molecule has 2 aromatic carbocycles. The number of carbonyl (C=O) groups is 1. The molecule has 0 bridgehead atoms. The van der Waals surface area contributed by atoms with Crippen molar-refractivity contribution in [2.24, 2.45) is 0 Å². The molecular formula is C22H24N4O2. The van der Waals surface area contributed by atoms with Gasteiger partial charge in [-0.3, -0.25) is 4.79 Å². The summed E-state index contributed by atoms with van der Waals surface area (Å²) >= 11 is 0. The number of aromatic nitrogens is 2. The van der Waals surface area contributed by atoms with Gasteiger partial charge in [0, 0.05) is 24.4 Å². The molecule has 0 saturated heterocycles. The average Bonchev–Trinajstić information content (AvgIpc) is 3.57. The van der Waals surface area contributed by atoms with E-state index in [1.165, 1.54) is 0 Å². The molecule has 1 heterocycles. The van der Waals surface area contributed by atoms with Crippen LogP contribution in [0.5, 0.6) is 0 Å². The third-order valence-electron chi connectivity index (χ3n) is 4.65. The molecule has 6 heteroatoms. The number of benzene rings is 2. The first kappa shape index (κ1) is 18.4. The van der Waals surface area contributed by atoms with Crippen LogP contribution in [0, 0.1) is 0 Å². The average molecular weight is 376 g/mol. The van der Waals surface area contributed by atoms with Crippen molar-refractivity contribution in [3.05, 3.63) is 66.0 Å². The van der Waals surface area contributed by atoms with Crippen LogP contribution in [0.4, 0.5) is 5.82 Å². The molecule has 4 rings (SSSR count). The molecule has 28 heavy (non-hydrogen) atoms. The van der Waals surface area contributed by atoms with Gasteiger partial charge >= 0.3 is 0 Å². The number of hydrogen-bond donors (Lipinski definition) is 2. The molecule has 1 aromatic heterocycles. The number of para-hydroxylation sites is 1. The fourth-order valence-corrected chi connectivity index (χ4v) is 3.02. The van der Waals surface area contributed by atoms with Crippen molar-refractivity contribution in [2.75, 3.05) is 25.0 Å². The van der Waals surface area contributed by atoms with Gasteiger partial charge in [0.15, 0.2) is 0 Å². The molecule has 1 fully saturated rings. The predicted molar refractivity (Wildman–Crippen MR) is 109 cm³/mol. The second-order valence-electron chi connectivity index (χ2n) is 6.98. The molecule has 6 nitrogen and oxygen atoms in total. The van der Waals surface area contributed by atoms with Gasteiger partial charge < -0.3 is 15.4 Å². The third-order valence-corrected chi connectivity index (χ3v) is 4.65. The van der Waals surface area contributed by atoms with Crippen LogP contribution in [0.1, 0.15) is 30.1 Å². The Labute approximate surface area is 164 Å². The summed E-state index contributed by atoms with van der Waals surface area (Å²) in [6.07, 6.45) is 2.33. The van der Waals surface area contributed by atoms with Crippen molar-refractivity contribution in [2.45, 2.75) is 25.4 Å². The largest absolute Gasteiger partial charge is 0.368 e. The number of nitrogens with one attached hydrogen (secondary N) is 2. The Morgan fingerprint density at radius 3 is 2.61 bits per heavy atom. The van der Waals surface area contributed by atoms with Crippen LogP contribution in [-0.2, 0) is 16.1 Å². The number of ether oxygens (including phenoxy) is 1. The number of anilines is 1. The topological polar surface area (TPSA) is 76.1 Å². The molecule has 2 N–H and O–H groups in total. The van der Waals surface area contributed by atoms with E-state index in [0.29, 0.717) is 25.6 Å². The Morgan fingerprint density at radius 2 is 1.79 bits per heavy atom. The lowest BCUT2D eigenvalue weighted by Crippen LogP contribution is -2.31. The van der Waals surface area contributed by atoms with Crippen LogP contribution in [0.3, 0.4) is 0 Å². The molecule has 0 aliphatic heterocycles. The van der Waals surface area contributed by atoms with Gasteiger partial charge in [0.05, 0.1) is 12.1 Å². The minimum absolute atomic E-state index is 0.0527. The smallest absolute Gasteiger partial charge is 0.246 e. The molecule has 0 radical (unpaired) electrons. The van der Waals surface area contributed by atoms with E-state index >= 15 is 0 Å². The van der Waals surface area contributed by atoms with E-state index < -0.39 is 0 Å². The summed E-state index contributed by atoms with van der Waals surface area (Å²) in [6.45, 7) is 1.58. The molecule has 1 saturated carbocycles. The van der Waals surface area contributed by atoms with Gasteiger partial charge in [0.25, 0.3) is 0 Å². The maximum atomic E-state index is 11.9. The maximum Gasteiger partial charge on any atom is 0.246 e. The fourth-order valence-electron chi connectivity index (χ4n) is 3.02. The van der Waals surface area contributed by atoms with Crippen molar-refractivity contribution >= 4 is 22.6 Å². The maximum absolute atomic E-state index is 11.9. The first-order valence-electron chi connectivity index (χ1n) is 9.68. The van der Waals surface area contributed by atoms with Crippen LogP contribution in [-0.4, -0.2) is 35.6 Å². The highest BCUT2D eigenvalue weighted by Crippen LogP contribution is 2.39. The highest BCUT2D eigenvalue weighted by molar-refractivity contribution is 5.89. The van der Waals surface area contributed by atoms with Crippen LogP contribution >= 0.6 is 0 Å². The van der Waals surface area contributed by atoms with E-state index in [-0.39, 0.29) is 12.5 Å². The predicted octanol–water partition coefficient (Wildman–Crippen LogP) is 3.25. The van der Waals surface area contributed by atoms with Crippen molar-refractivity contribution in [1.82, 2.24) is 15.3 Å². The van der Waals surface area contributed by atoms with E-state index in [1.807, 2.05) is 54.6 Å². The van der Waals surface area contributed by atoms with Crippen LogP contribution < -0.4 is 10.6 Å². The molecule has 0 atom stereocenters. The van der Waals surface area contributed by atoms with Crippen molar-refractivity contribution in [3.63, 3.8) is 0 Å². The van der Waals surface area contributed by atoms with E-state index in [9.17, 15) is 4.79 Å². The molecule has 0 spiro atoms. The first-order chi connectivity index (χ1) is 13.8.